The van der Waals surface area contributed by atoms with Crippen molar-refractivity contribution in [1.29, 1.82) is 0 Å². The Morgan fingerprint density at radius 2 is 1.31 bits per heavy atom. The van der Waals surface area contributed by atoms with E-state index < -0.39 is 39.8 Å². The molecular weight excluding hydrogens is 583 g/mol. The van der Waals surface area contributed by atoms with E-state index >= 15 is 0 Å². The second-order valence-corrected chi connectivity index (χ2v) is 29.6. The standard InChI is InChI=1S/C30H43IO4S/c1-27(2,3)31(28(4,5)6,24-15-11-9-12-16-24,25-17-13-10-14-18-25)35-36(33,34)22-30-20-19-23(21-26(30)32)29(30,7)8/h9-18,23H,19-22H2,1-8H3. The SMILES string of the molecule is CC1(C)C2CCC1(CS(=O)(=O)OI(c1ccccc1)(c1ccccc1)(C(C)(C)C)C(C)(C)C)C(=O)C2. The second-order valence-electron chi connectivity index (χ2n) is 13.0. The Hall–Kier alpha value is -1.25. The summed E-state index contributed by atoms with van der Waals surface area (Å²) in [5.41, 5.74) is -1.24. The van der Waals surface area contributed by atoms with Gasteiger partial charge < -0.3 is 0 Å². The van der Waals surface area contributed by atoms with Gasteiger partial charge in [-0.3, -0.25) is 0 Å². The molecule has 2 aromatic carbocycles. The van der Waals surface area contributed by atoms with Gasteiger partial charge in [-0.15, -0.1) is 0 Å². The minimum absolute atomic E-state index is 0.0915. The number of hydrogen-bond donors (Lipinski definition) is 0. The molecule has 2 fully saturated rings. The van der Waals surface area contributed by atoms with Gasteiger partial charge in [0.05, 0.1) is 0 Å². The molecule has 2 bridgehead atoms. The fourth-order valence-corrected chi connectivity index (χ4v) is 34.5. The third kappa shape index (κ3) is 3.39. The molecule has 0 aliphatic heterocycles. The van der Waals surface area contributed by atoms with Crippen LogP contribution in [-0.2, 0) is 17.4 Å². The number of carbonyl (C=O) groups excluding carboxylic acids is 1. The first-order valence-electron chi connectivity index (χ1n) is 12.9. The monoisotopic (exact) mass is 626 g/mol. The summed E-state index contributed by atoms with van der Waals surface area (Å²) in [6.07, 6.45) is 2.00. The Kier molecular flexibility index (Phi) is 6.46. The van der Waals surface area contributed by atoms with Crippen molar-refractivity contribution in [3.63, 3.8) is 0 Å². The molecular formula is C30H43IO4S. The second kappa shape index (κ2) is 8.37. The number of Topliss-reactive ketones (excluding diaryl/α,β-unsaturated/α-hetero) is 1. The van der Waals surface area contributed by atoms with Gasteiger partial charge in [-0.25, -0.2) is 0 Å². The third-order valence-corrected chi connectivity index (χ3v) is 32.9. The zero-order valence-electron chi connectivity index (χ0n) is 23.1. The number of fused-ring (bicyclic) bond motifs is 2. The molecule has 6 heteroatoms. The summed E-state index contributed by atoms with van der Waals surface area (Å²) < 4.78 is 37.0. The zero-order valence-corrected chi connectivity index (χ0v) is 26.1. The predicted molar refractivity (Wildman–Crippen MR) is 157 cm³/mol. The van der Waals surface area contributed by atoms with Gasteiger partial charge in [-0.1, -0.05) is 0 Å². The number of rotatable bonds is 6. The fraction of sp³-hybridized carbons (Fsp3) is 0.567. The van der Waals surface area contributed by atoms with E-state index in [1.54, 1.807) is 0 Å². The molecule has 2 atom stereocenters. The van der Waals surface area contributed by atoms with E-state index in [-0.39, 0.29) is 22.9 Å². The van der Waals surface area contributed by atoms with Crippen molar-refractivity contribution in [1.82, 2.24) is 0 Å². The molecule has 4 rings (SSSR count). The van der Waals surface area contributed by atoms with Gasteiger partial charge in [0.15, 0.2) is 0 Å². The van der Waals surface area contributed by atoms with Crippen molar-refractivity contribution in [2.45, 2.75) is 81.5 Å². The molecule has 0 saturated heterocycles. The molecule has 36 heavy (non-hydrogen) atoms. The average Bonchev–Trinajstić information content (AvgIpc) is 3.11. The summed E-state index contributed by atoms with van der Waals surface area (Å²) in [5.74, 6) is 0.0916. The Morgan fingerprint density at radius 3 is 1.64 bits per heavy atom. The van der Waals surface area contributed by atoms with E-state index in [4.69, 9.17) is 2.51 Å². The van der Waals surface area contributed by atoms with Crippen molar-refractivity contribution in [3.05, 3.63) is 67.8 Å². The summed E-state index contributed by atoms with van der Waals surface area (Å²) in [7, 11) is -4.13. The van der Waals surface area contributed by atoms with Gasteiger partial charge in [-0.05, 0) is 0 Å². The van der Waals surface area contributed by atoms with Gasteiger partial charge in [0, 0.05) is 0 Å². The number of halogens is 1. The molecule has 0 aromatic heterocycles. The maximum atomic E-state index is 14.5. The summed E-state index contributed by atoms with van der Waals surface area (Å²) in [5, 5.41) is 0. The molecule has 0 spiro atoms. The number of benzene rings is 2. The Labute approximate surface area is 219 Å². The van der Waals surface area contributed by atoms with E-state index in [9.17, 15) is 13.2 Å². The summed E-state index contributed by atoms with van der Waals surface area (Å²) in [6.45, 7) is 17.0. The molecule has 4 nitrogen and oxygen atoms in total. The van der Waals surface area contributed by atoms with Gasteiger partial charge in [0.2, 0.25) is 0 Å². The first-order chi connectivity index (χ1) is 16.5. The number of ketones is 1. The van der Waals surface area contributed by atoms with Crippen molar-refractivity contribution in [2.24, 2.45) is 16.7 Å². The average molecular weight is 627 g/mol. The Morgan fingerprint density at radius 1 is 0.861 bits per heavy atom. The van der Waals surface area contributed by atoms with Crippen LogP contribution < -0.4 is 0 Å². The zero-order chi connectivity index (χ0) is 26.9. The van der Waals surface area contributed by atoms with E-state index in [0.717, 1.165) is 13.6 Å². The molecule has 0 amide bonds. The van der Waals surface area contributed by atoms with Crippen molar-refractivity contribution in [2.75, 3.05) is 5.75 Å². The topological polar surface area (TPSA) is 60.4 Å². The van der Waals surface area contributed by atoms with Crippen LogP contribution in [0.15, 0.2) is 60.7 Å². The van der Waals surface area contributed by atoms with Gasteiger partial charge in [0.1, 0.15) is 0 Å². The van der Waals surface area contributed by atoms with Crippen LogP contribution in [-0.4, -0.2) is 26.8 Å². The molecule has 2 saturated carbocycles. The van der Waals surface area contributed by atoms with Crippen LogP contribution in [0.4, 0.5) is 0 Å². The van der Waals surface area contributed by atoms with Crippen LogP contribution >= 0.6 is 17.5 Å². The maximum absolute atomic E-state index is 14.5. The number of alkyl halides is 2. The van der Waals surface area contributed by atoms with Crippen LogP contribution in [0.25, 0.3) is 0 Å². The third-order valence-electron chi connectivity index (χ3n) is 9.25. The van der Waals surface area contributed by atoms with Crippen LogP contribution in [0.2, 0.25) is 0 Å². The molecule has 200 valence electrons. The Bertz CT molecular complexity index is 1200. The summed E-state index contributed by atoms with van der Waals surface area (Å²) in [4.78, 5) is 13.3. The van der Waals surface area contributed by atoms with Crippen molar-refractivity contribution < 1.29 is 15.7 Å². The first-order valence-corrected chi connectivity index (χ1v) is 19.7. The number of hydrogen-bond acceptors (Lipinski definition) is 4. The van der Waals surface area contributed by atoms with Crippen molar-refractivity contribution in [3.8, 4) is 0 Å². The van der Waals surface area contributed by atoms with Crippen LogP contribution in [0.3, 0.4) is 0 Å². The van der Waals surface area contributed by atoms with Gasteiger partial charge in [-0.2, -0.15) is 0 Å². The summed E-state index contributed by atoms with van der Waals surface area (Å²) in [6, 6.07) is 20.1. The van der Waals surface area contributed by atoms with E-state index in [1.807, 2.05) is 36.4 Å². The quantitative estimate of drug-likeness (QED) is 0.245. The molecule has 2 unspecified atom stereocenters. The van der Waals surface area contributed by atoms with Crippen molar-refractivity contribution >= 4 is 33.4 Å². The van der Waals surface area contributed by atoms with E-state index in [1.165, 1.54) is 0 Å². The Balaban J connectivity index is 2.04. The van der Waals surface area contributed by atoms with Gasteiger partial charge in [0.25, 0.3) is 0 Å². The normalized spacial score (nSPS) is 25.5. The van der Waals surface area contributed by atoms with Crippen LogP contribution in [0.1, 0.15) is 74.7 Å². The van der Waals surface area contributed by atoms with E-state index in [2.05, 4.69) is 79.7 Å². The first kappa shape index (κ1) is 27.8. The van der Waals surface area contributed by atoms with E-state index in [0.29, 0.717) is 12.8 Å². The van der Waals surface area contributed by atoms with Crippen LogP contribution in [0.5, 0.6) is 0 Å². The van der Waals surface area contributed by atoms with Crippen LogP contribution in [0, 0.1) is 23.9 Å². The molecule has 0 N–H and O–H groups in total. The molecule has 0 heterocycles. The predicted octanol–water partition coefficient (Wildman–Crippen LogP) is 7.56. The van der Waals surface area contributed by atoms with Gasteiger partial charge >= 0.3 is 221 Å². The molecule has 2 aliphatic rings. The molecule has 2 aromatic rings. The number of carbonyl (C=O) groups is 1. The summed E-state index contributed by atoms with van der Waals surface area (Å²) >= 11 is -4.98. The minimum atomic E-state index is -4.98. The molecule has 2 aliphatic carbocycles. The molecule has 0 radical (unpaired) electrons. The fourth-order valence-electron chi connectivity index (χ4n) is 7.48.